The summed E-state index contributed by atoms with van der Waals surface area (Å²) in [5, 5.41) is 4.16. The number of benzene rings is 1. The van der Waals surface area contributed by atoms with E-state index in [1.807, 2.05) is 25.2 Å². The molecular weight excluding hydrogens is 282 g/mol. The van der Waals surface area contributed by atoms with Crippen molar-refractivity contribution in [3.63, 3.8) is 0 Å². The standard InChI is InChI=1S/C12H14BrN3O/c1-16-12(14)11(6-15-16)10-5-9(13)4-3-8(10)7-17-2/h3-6H,7,14H2,1-2H3. The number of anilines is 1. The summed E-state index contributed by atoms with van der Waals surface area (Å²) < 4.78 is 7.86. The summed E-state index contributed by atoms with van der Waals surface area (Å²) in [4.78, 5) is 0. The first-order valence-corrected chi connectivity index (χ1v) is 5.98. The third-order valence-electron chi connectivity index (χ3n) is 2.65. The van der Waals surface area contributed by atoms with Crippen LogP contribution in [0.3, 0.4) is 0 Å². The van der Waals surface area contributed by atoms with Crippen LogP contribution < -0.4 is 5.73 Å². The molecule has 0 aliphatic rings. The second-order valence-corrected chi connectivity index (χ2v) is 4.72. The van der Waals surface area contributed by atoms with Gasteiger partial charge in [-0.2, -0.15) is 5.10 Å². The van der Waals surface area contributed by atoms with E-state index in [2.05, 4.69) is 21.0 Å². The molecule has 2 rings (SSSR count). The van der Waals surface area contributed by atoms with E-state index in [0.717, 1.165) is 21.2 Å². The smallest absolute Gasteiger partial charge is 0.129 e. The largest absolute Gasteiger partial charge is 0.383 e. The van der Waals surface area contributed by atoms with Gasteiger partial charge in [0.2, 0.25) is 0 Å². The molecule has 0 aliphatic carbocycles. The van der Waals surface area contributed by atoms with Gasteiger partial charge in [0.15, 0.2) is 0 Å². The fraction of sp³-hybridized carbons (Fsp3) is 0.250. The number of nitrogen functional groups attached to an aromatic ring is 1. The van der Waals surface area contributed by atoms with Gasteiger partial charge in [0, 0.05) is 24.2 Å². The van der Waals surface area contributed by atoms with Crippen molar-refractivity contribution < 1.29 is 4.74 Å². The summed E-state index contributed by atoms with van der Waals surface area (Å²) in [7, 11) is 3.51. The van der Waals surface area contributed by atoms with E-state index < -0.39 is 0 Å². The molecule has 0 bridgehead atoms. The topological polar surface area (TPSA) is 53.1 Å². The molecule has 0 aliphatic heterocycles. The predicted molar refractivity (Wildman–Crippen MR) is 71.5 cm³/mol. The van der Waals surface area contributed by atoms with Crippen molar-refractivity contribution in [2.45, 2.75) is 6.61 Å². The molecule has 4 nitrogen and oxygen atoms in total. The van der Waals surface area contributed by atoms with Gasteiger partial charge in [-0.1, -0.05) is 22.0 Å². The van der Waals surface area contributed by atoms with Gasteiger partial charge in [0.1, 0.15) is 5.82 Å². The zero-order chi connectivity index (χ0) is 12.4. The van der Waals surface area contributed by atoms with Crippen molar-refractivity contribution >= 4 is 21.7 Å². The van der Waals surface area contributed by atoms with Crippen LogP contribution >= 0.6 is 15.9 Å². The normalized spacial score (nSPS) is 10.8. The fourth-order valence-electron chi connectivity index (χ4n) is 1.74. The summed E-state index contributed by atoms with van der Waals surface area (Å²) in [6.07, 6.45) is 1.77. The molecule has 0 fully saturated rings. The van der Waals surface area contributed by atoms with Gasteiger partial charge < -0.3 is 10.5 Å². The maximum absolute atomic E-state index is 5.99. The highest BCUT2D eigenvalue weighted by Gasteiger charge is 2.12. The molecule has 0 saturated carbocycles. The first-order chi connectivity index (χ1) is 8.13. The minimum atomic E-state index is 0.553. The molecule has 5 heteroatoms. The number of hydrogen-bond donors (Lipinski definition) is 1. The summed E-state index contributed by atoms with van der Waals surface area (Å²) in [5.74, 6) is 0.653. The van der Waals surface area contributed by atoms with Crippen molar-refractivity contribution in [2.24, 2.45) is 7.05 Å². The molecule has 2 N–H and O–H groups in total. The minimum absolute atomic E-state index is 0.553. The van der Waals surface area contributed by atoms with E-state index in [1.165, 1.54) is 0 Å². The van der Waals surface area contributed by atoms with Crippen LogP contribution in [-0.2, 0) is 18.4 Å². The first-order valence-electron chi connectivity index (χ1n) is 5.18. The highest BCUT2D eigenvalue weighted by molar-refractivity contribution is 9.10. The number of nitrogens with two attached hydrogens (primary N) is 1. The third kappa shape index (κ3) is 2.35. The van der Waals surface area contributed by atoms with Crippen LogP contribution in [0.15, 0.2) is 28.9 Å². The van der Waals surface area contributed by atoms with Crippen molar-refractivity contribution in [3.8, 4) is 11.1 Å². The number of nitrogens with zero attached hydrogens (tertiary/aromatic N) is 2. The van der Waals surface area contributed by atoms with Crippen LogP contribution in [0.2, 0.25) is 0 Å². The van der Waals surface area contributed by atoms with Gasteiger partial charge in [-0.3, -0.25) is 4.68 Å². The predicted octanol–water partition coefficient (Wildman–Crippen LogP) is 2.58. The second kappa shape index (κ2) is 4.89. The molecule has 90 valence electrons. The van der Waals surface area contributed by atoms with Crippen LogP contribution in [-0.4, -0.2) is 16.9 Å². The molecular formula is C12H14BrN3O. The van der Waals surface area contributed by atoms with Crippen molar-refractivity contribution in [3.05, 3.63) is 34.4 Å². The van der Waals surface area contributed by atoms with Gasteiger partial charge >= 0.3 is 0 Å². The van der Waals surface area contributed by atoms with Gasteiger partial charge in [-0.15, -0.1) is 0 Å². The molecule has 0 saturated heterocycles. The number of methoxy groups -OCH3 is 1. The van der Waals surface area contributed by atoms with Crippen molar-refractivity contribution in [1.29, 1.82) is 0 Å². The summed E-state index contributed by atoms with van der Waals surface area (Å²) in [6.45, 7) is 0.553. The summed E-state index contributed by atoms with van der Waals surface area (Å²) in [6, 6.07) is 6.04. The minimum Gasteiger partial charge on any atom is -0.383 e. The van der Waals surface area contributed by atoms with Gasteiger partial charge in [-0.25, -0.2) is 0 Å². The molecule has 1 heterocycles. The number of halogens is 1. The molecule has 2 aromatic rings. The molecule has 1 aromatic carbocycles. The zero-order valence-electron chi connectivity index (χ0n) is 9.77. The SMILES string of the molecule is COCc1ccc(Br)cc1-c1cnn(C)c1N. The van der Waals surface area contributed by atoms with Crippen LogP contribution in [0.1, 0.15) is 5.56 Å². The van der Waals surface area contributed by atoms with E-state index in [4.69, 9.17) is 10.5 Å². The quantitative estimate of drug-likeness (QED) is 0.947. The van der Waals surface area contributed by atoms with E-state index in [1.54, 1.807) is 18.0 Å². The number of aryl methyl sites for hydroxylation is 1. The number of ether oxygens (including phenoxy) is 1. The fourth-order valence-corrected chi connectivity index (χ4v) is 2.10. The lowest BCUT2D eigenvalue weighted by Gasteiger charge is -2.09. The molecule has 0 unspecified atom stereocenters. The Bertz CT molecular complexity index is 537. The maximum atomic E-state index is 5.99. The van der Waals surface area contributed by atoms with Gasteiger partial charge in [0.25, 0.3) is 0 Å². The van der Waals surface area contributed by atoms with E-state index >= 15 is 0 Å². The Morgan fingerprint density at radius 1 is 1.41 bits per heavy atom. The van der Waals surface area contributed by atoms with Gasteiger partial charge in [-0.05, 0) is 23.3 Å². The lowest BCUT2D eigenvalue weighted by molar-refractivity contribution is 0.185. The molecule has 0 radical (unpaired) electrons. The Balaban J connectivity index is 2.56. The van der Waals surface area contributed by atoms with Crippen LogP contribution in [0.4, 0.5) is 5.82 Å². The number of aromatic nitrogens is 2. The Kier molecular flexibility index (Phi) is 3.49. The molecule has 1 aromatic heterocycles. The lowest BCUT2D eigenvalue weighted by atomic mass is 10.0. The highest BCUT2D eigenvalue weighted by Crippen LogP contribution is 2.31. The Morgan fingerprint density at radius 3 is 2.76 bits per heavy atom. The first kappa shape index (κ1) is 12.1. The van der Waals surface area contributed by atoms with Gasteiger partial charge in [0.05, 0.1) is 12.8 Å². The van der Waals surface area contributed by atoms with Crippen molar-refractivity contribution in [1.82, 2.24) is 9.78 Å². The van der Waals surface area contributed by atoms with E-state index in [-0.39, 0.29) is 0 Å². The molecule has 17 heavy (non-hydrogen) atoms. The summed E-state index contributed by atoms with van der Waals surface area (Å²) in [5.41, 5.74) is 9.07. The van der Waals surface area contributed by atoms with Crippen LogP contribution in [0.25, 0.3) is 11.1 Å². The average molecular weight is 296 g/mol. The number of rotatable bonds is 3. The Labute approximate surface area is 109 Å². The Hall–Kier alpha value is -1.33. The lowest BCUT2D eigenvalue weighted by Crippen LogP contribution is -1.99. The van der Waals surface area contributed by atoms with E-state index in [0.29, 0.717) is 12.4 Å². The monoisotopic (exact) mass is 295 g/mol. The second-order valence-electron chi connectivity index (χ2n) is 3.80. The zero-order valence-corrected chi connectivity index (χ0v) is 11.4. The molecule has 0 spiro atoms. The average Bonchev–Trinajstić information content (AvgIpc) is 2.63. The van der Waals surface area contributed by atoms with Crippen LogP contribution in [0, 0.1) is 0 Å². The Morgan fingerprint density at radius 2 is 2.18 bits per heavy atom. The highest BCUT2D eigenvalue weighted by atomic mass is 79.9. The summed E-state index contributed by atoms with van der Waals surface area (Å²) >= 11 is 3.47. The number of hydrogen-bond acceptors (Lipinski definition) is 3. The molecule has 0 atom stereocenters. The van der Waals surface area contributed by atoms with Crippen LogP contribution in [0.5, 0.6) is 0 Å². The third-order valence-corrected chi connectivity index (χ3v) is 3.14. The van der Waals surface area contributed by atoms with E-state index in [9.17, 15) is 0 Å². The van der Waals surface area contributed by atoms with Crippen molar-refractivity contribution in [2.75, 3.05) is 12.8 Å². The molecule has 0 amide bonds. The maximum Gasteiger partial charge on any atom is 0.129 e.